The summed E-state index contributed by atoms with van der Waals surface area (Å²) in [5.41, 5.74) is 6.83. The third-order valence-electron chi connectivity index (χ3n) is 6.33. The number of nitrogens with zero attached hydrogens (tertiary/aromatic N) is 1. The average molecular weight is 458 g/mol. The van der Waals surface area contributed by atoms with Crippen LogP contribution in [-0.2, 0) is 22.0 Å². The van der Waals surface area contributed by atoms with Crippen LogP contribution in [0.15, 0.2) is 83.4 Å². The summed E-state index contributed by atoms with van der Waals surface area (Å²) >= 11 is 0. The van der Waals surface area contributed by atoms with E-state index in [0.29, 0.717) is 23.4 Å². The molecule has 0 saturated heterocycles. The fraction of sp³-hybridized carbons (Fsp3) is 0.250. The molecular formula is C28H27NO3S. The first-order valence-corrected chi connectivity index (χ1v) is 13.2. The summed E-state index contributed by atoms with van der Waals surface area (Å²) in [5.74, 6) is 1.30. The second kappa shape index (κ2) is 8.99. The number of sulfone groups is 1. The molecule has 1 fully saturated rings. The van der Waals surface area contributed by atoms with Gasteiger partial charge in [0, 0.05) is 11.1 Å². The maximum Gasteiger partial charge on any atom is 0.171 e. The van der Waals surface area contributed by atoms with Gasteiger partial charge in [0.1, 0.15) is 0 Å². The van der Waals surface area contributed by atoms with Crippen LogP contribution in [0.4, 0.5) is 0 Å². The van der Waals surface area contributed by atoms with Crippen molar-refractivity contribution in [2.24, 2.45) is 0 Å². The fourth-order valence-electron chi connectivity index (χ4n) is 4.17. The number of aryl methyl sites for hydroxylation is 2. The molecule has 1 aromatic heterocycles. The highest BCUT2D eigenvalue weighted by atomic mass is 32.2. The SMILES string of the molecule is Cc1noc(-c2ccc(-c3ccc(C4CC4)cc3)cc2)c1CS(=O)(=O)CCc1ccccc1. The first-order chi connectivity index (χ1) is 16.0. The van der Waals surface area contributed by atoms with Gasteiger partial charge >= 0.3 is 0 Å². The molecule has 4 aromatic rings. The zero-order valence-electron chi connectivity index (χ0n) is 18.7. The van der Waals surface area contributed by atoms with Crippen LogP contribution in [0.1, 0.15) is 41.1 Å². The molecule has 0 atom stereocenters. The van der Waals surface area contributed by atoms with Crippen LogP contribution in [0.2, 0.25) is 0 Å². The maximum atomic E-state index is 12.9. The van der Waals surface area contributed by atoms with E-state index in [0.717, 1.165) is 22.6 Å². The average Bonchev–Trinajstić information content (AvgIpc) is 3.63. The molecule has 0 amide bonds. The van der Waals surface area contributed by atoms with Gasteiger partial charge in [-0.25, -0.2) is 8.42 Å². The van der Waals surface area contributed by atoms with Crippen LogP contribution in [0.5, 0.6) is 0 Å². The lowest BCUT2D eigenvalue weighted by atomic mass is 10.00. The normalized spacial score (nSPS) is 13.8. The summed E-state index contributed by atoms with van der Waals surface area (Å²) in [6.45, 7) is 1.80. The minimum Gasteiger partial charge on any atom is -0.356 e. The minimum atomic E-state index is -3.31. The smallest absolute Gasteiger partial charge is 0.171 e. The Morgan fingerprint density at radius 3 is 2.09 bits per heavy atom. The molecule has 1 aliphatic rings. The number of hydrogen-bond acceptors (Lipinski definition) is 4. The van der Waals surface area contributed by atoms with E-state index in [1.807, 2.05) is 54.6 Å². The van der Waals surface area contributed by atoms with Crippen LogP contribution in [-0.4, -0.2) is 19.3 Å². The van der Waals surface area contributed by atoms with E-state index in [1.54, 1.807) is 6.92 Å². The monoisotopic (exact) mass is 457 g/mol. The number of benzene rings is 3. The van der Waals surface area contributed by atoms with E-state index in [4.69, 9.17) is 4.52 Å². The quantitative estimate of drug-likeness (QED) is 0.309. The van der Waals surface area contributed by atoms with E-state index in [2.05, 4.69) is 29.4 Å². The molecule has 5 heteroatoms. The maximum absolute atomic E-state index is 12.9. The zero-order valence-corrected chi connectivity index (χ0v) is 19.5. The van der Waals surface area contributed by atoms with E-state index >= 15 is 0 Å². The van der Waals surface area contributed by atoms with Crippen LogP contribution >= 0.6 is 0 Å². The lowest BCUT2D eigenvalue weighted by Gasteiger charge is -2.07. The van der Waals surface area contributed by atoms with Crippen LogP contribution in [0.3, 0.4) is 0 Å². The molecular weight excluding hydrogens is 430 g/mol. The van der Waals surface area contributed by atoms with Gasteiger partial charge in [-0.2, -0.15) is 0 Å². The third kappa shape index (κ3) is 5.09. The summed E-state index contributed by atoms with van der Waals surface area (Å²) in [6, 6.07) is 26.5. The van der Waals surface area contributed by atoms with Crippen molar-refractivity contribution in [3.8, 4) is 22.5 Å². The van der Waals surface area contributed by atoms with Crippen LogP contribution in [0.25, 0.3) is 22.5 Å². The highest BCUT2D eigenvalue weighted by Crippen LogP contribution is 2.40. The summed E-state index contributed by atoms with van der Waals surface area (Å²) in [5, 5.41) is 4.07. The van der Waals surface area contributed by atoms with Gasteiger partial charge in [0.15, 0.2) is 15.6 Å². The van der Waals surface area contributed by atoms with Crippen LogP contribution < -0.4 is 0 Å². The molecule has 0 spiro atoms. The Balaban J connectivity index is 1.33. The fourth-order valence-corrected chi connectivity index (χ4v) is 5.64. The molecule has 168 valence electrons. The Hall–Kier alpha value is -3.18. The van der Waals surface area contributed by atoms with Gasteiger partial charge in [-0.3, -0.25) is 0 Å². The zero-order chi connectivity index (χ0) is 22.8. The van der Waals surface area contributed by atoms with Crippen molar-refractivity contribution >= 4 is 9.84 Å². The Morgan fingerprint density at radius 2 is 1.45 bits per heavy atom. The molecule has 0 radical (unpaired) electrons. The van der Waals surface area contributed by atoms with Gasteiger partial charge in [-0.05, 0) is 54.4 Å². The van der Waals surface area contributed by atoms with Gasteiger partial charge in [0.2, 0.25) is 0 Å². The van der Waals surface area contributed by atoms with Gasteiger partial charge in [0.25, 0.3) is 0 Å². The van der Waals surface area contributed by atoms with Crippen molar-refractivity contribution in [1.29, 1.82) is 0 Å². The van der Waals surface area contributed by atoms with Gasteiger partial charge in [-0.15, -0.1) is 0 Å². The Labute approximate surface area is 195 Å². The third-order valence-corrected chi connectivity index (χ3v) is 7.89. The predicted octanol–water partition coefficient (Wildman–Crippen LogP) is 6.35. The molecule has 0 aliphatic heterocycles. The number of aromatic nitrogens is 1. The standard InChI is InChI=1S/C28H27NO3S/c1-20-27(19-33(30,31)18-17-21-5-3-2-4-6-21)28(32-29-20)26-15-13-25(14-16-26)24-11-9-23(10-12-24)22-7-8-22/h2-6,9-16,22H,7-8,17-19H2,1H3. The summed E-state index contributed by atoms with van der Waals surface area (Å²) in [4.78, 5) is 0. The highest BCUT2D eigenvalue weighted by Gasteiger charge is 2.23. The topological polar surface area (TPSA) is 60.2 Å². The van der Waals surface area contributed by atoms with Crippen molar-refractivity contribution < 1.29 is 12.9 Å². The van der Waals surface area contributed by atoms with Crippen molar-refractivity contribution in [2.75, 3.05) is 5.75 Å². The lowest BCUT2D eigenvalue weighted by Crippen LogP contribution is -2.12. The Kier molecular flexibility index (Phi) is 5.90. The molecule has 0 unspecified atom stereocenters. The van der Waals surface area contributed by atoms with E-state index in [-0.39, 0.29) is 11.5 Å². The van der Waals surface area contributed by atoms with Gasteiger partial charge < -0.3 is 4.52 Å². The lowest BCUT2D eigenvalue weighted by molar-refractivity contribution is 0.427. The molecule has 0 bridgehead atoms. The second-order valence-electron chi connectivity index (χ2n) is 8.88. The number of rotatable bonds is 8. The first kappa shape index (κ1) is 21.7. The molecule has 5 rings (SSSR count). The Morgan fingerprint density at radius 1 is 0.848 bits per heavy atom. The summed E-state index contributed by atoms with van der Waals surface area (Å²) < 4.78 is 31.3. The second-order valence-corrected chi connectivity index (χ2v) is 11.1. The van der Waals surface area contributed by atoms with Crippen molar-refractivity contribution in [3.63, 3.8) is 0 Å². The molecule has 4 nitrogen and oxygen atoms in total. The molecule has 0 N–H and O–H groups in total. The van der Waals surface area contributed by atoms with Gasteiger partial charge in [-0.1, -0.05) is 84.0 Å². The summed E-state index contributed by atoms with van der Waals surface area (Å²) in [6.07, 6.45) is 3.10. The minimum absolute atomic E-state index is 0.0745. The van der Waals surface area contributed by atoms with Crippen molar-refractivity contribution in [3.05, 3.63) is 101 Å². The Bertz CT molecular complexity index is 1330. The molecule has 1 saturated carbocycles. The van der Waals surface area contributed by atoms with Crippen molar-refractivity contribution in [1.82, 2.24) is 5.16 Å². The molecule has 1 aliphatic carbocycles. The van der Waals surface area contributed by atoms with E-state index in [1.165, 1.54) is 24.0 Å². The van der Waals surface area contributed by atoms with Crippen molar-refractivity contribution in [2.45, 2.75) is 37.9 Å². The number of hydrogen-bond donors (Lipinski definition) is 0. The molecule has 1 heterocycles. The highest BCUT2D eigenvalue weighted by molar-refractivity contribution is 7.90. The van der Waals surface area contributed by atoms with E-state index < -0.39 is 9.84 Å². The largest absolute Gasteiger partial charge is 0.356 e. The first-order valence-electron chi connectivity index (χ1n) is 11.4. The predicted molar refractivity (Wildman–Crippen MR) is 132 cm³/mol. The molecule has 3 aromatic carbocycles. The van der Waals surface area contributed by atoms with Crippen LogP contribution in [0, 0.1) is 6.92 Å². The summed E-state index contributed by atoms with van der Waals surface area (Å²) in [7, 11) is -3.31. The van der Waals surface area contributed by atoms with E-state index in [9.17, 15) is 8.42 Å². The van der Waals surface area contributed by atoms with Gasteiger partial charge in [0.05, 0.1) is 17.2 Å². The molecule has 33 heavy (non-hydrogen) atoms.